The van der Waals surface area contributed by atoms with Gasteiger partial charge in [0.25, 0.3) is 0 Å². The lowest BCUT2D eigenvalue weighted by Crippen LogP contribution is -2.40. The van der Waals surface area contributed by atoms with Crippen LogP contribution < -0.4 is 5.32 Å². The highest BCUT2D eigenvalue weighted by molar-refractivity contribution is 4.84. The van der Waals surface area contributed by atoms with Gasteiger partial charge in [-0.3, -0.25) is 4.90 Å². The molecule has 2 rings (SSSR count). The third-order valence-electron chi connectivity index (χ3n) is 4.31. The predicted octanol–water partition coefficient (Wildman–Crippen LogP) is 1.55. The number of piperidine rings is 1. The lowest BCUT2D eigenvalue weighted by molar-refractivity contribution is 0.162. The molecule has 0 aliphatic carbocycles. The van der Waals surface area contributed by atoms with E-state index in [1.165, 1.54) is 77.8 Å². The Hall–Kier alpha value is -0.120. The molecule has 0 spiro atoms. The molecule has 0 saturated carbocycles. The minimum atomic E-state index is 0.875. The molecule has 1 unspecified atom stereocenters. The van der Waals surface area contributed by atoms with E-state index >= 15 is 0 Å². The van der Waals surface area contributed by atoms with E-state index in [4.69, 9.17) is 0 Å². The van der Waals surface area contributed by atoms with Crippen LogP contribution in [0.3, 0.4) is 0 Å². The van der Waals surface area contributed by atoms with Gasteiger partial charge in [0.1, 0.15) is 0 Å². The number of unbranched alkanes of at least 4 members (excludes halogenated alkanes) is 1. The molecule has 0 bridgehead atoms. The fraction of sp³-hybridized carbons (Fsp3) is 1.00. The molecule has 0 aromatic rings. The summed E-state index contributed by atoms with van der Waals surface area (Å²) in [5.74, 6) is 0. The topological polar surface area (TPSA) is 18.5 Å². The Kier molecular flexibility index (Phi) is 5.75. The first-order valence-electron chi connectivity index (χ1n) is 7.51. The molecule has 0 aromatic carbocycles. The van der Waals surface area contributed by atoms with Crippen molar-refractivity contribution in [2.45, 2.75) is 44.6 Å². The monoisotopic (exact) mass is 239 g/mol. The van der Waals surface area contributed by atoms with Gasteiger partial charge in [0.2, 0.25) is 0 Å². The number of hydrogen-bond acceptors (Lipinski definition) is 3. The van der Waals surface area contributed by atoms with Gasteiger partial charge in [-0.1, -0.05) is 6.42 Å². The fourth-order valence-electron chi connectivity index (χ4n) is 3.23. The van der Waals surface area contributed by atoms with E-state index in [1.807, 2.05) is 7.05 Å². The van der Waals surface area contributed by atoms with E-state index in [1.54, 1.807) is 0 Å². The van der Waals surface area contributed by atoms with Crippen molar-refractivity contribution in [3.05, 3.63) is 0 Å². The van der Waals surface area contributed by atoms with E-state index < -0.39 is 0 Å². The molecule has 3 nitrogen and oxygen atoms in total. The normalized spacial score (nSPS) is 27.7. The Balaban J connectivity index is 1.61. The van der Waals surface area contributed by atoms with E-state index in [0.717, 1.165) is 6.04 Å². The third-order valence-corrected chi connectivity index (χ3v) is 4.31. The van der Waals surface area contributed by atoms with Crippen LogP contribution in [-0.2, 0) is 0 Å². The fourth-order valence-corrected chi connectivity index (χ4v) is 3.23. The van der Waals surface area contributed by atoms with Gasteiger partial charge >= 0.3 is 0 Å². The number of nitrogens with one attached hydrogen (secondary N) is 1. The lowest BCUT2D eigenvalue weighted by Gasteiger charge is -2.32. The summed E-state index contributed by atoms with van der Waals surface area (Å²) < 4.78 is 0. The molecule has 100 valence electrons. The summed E-state index contributed by atoms with van der Waals surface area (Å²) in [6, 6.07) is 0.875. The summed E-state index contributed by atoms with van der Waals surface area (Å²) >= 11 is 0. The summed E-state index contributed by atoms with van der Waals surface area (Å²) in [6.45, 7) is 7.87. The van der Waals surface area contributed by atoms with E-state index in [-0.39, 0.29) is 0 Å². The summed E-state index contributed by atoms with van der Waals surface area (Å²) in [4.78, 5) is 5.42. The second-order valence-electron chi connectivity index (χ2n) is 5.65. The summed E-state index contributed by atoms with van der Waals surface area (Å²) in [6.07, 6.45) is 8.40. The van der Waals surface area contributed by atoms with E-state index in [9.17, 15) is 0 Å². The van der Waals surface area contributed by atoms with Crippen LogP contribution in [0.4, 0.5) is 0 Å². The average molecular weight is 239 g/mol. The molecule has 2 aliphatic heterocycles. The minimum absolute atomic E-state index is 0.875. The quantitative estimate of drug-likeness (QED) is 0.710. The van der Waals surface area contributed by atoms with Gasteiger partial charge < -0.3 is 10.2 Å². The van der Waals surface area contributed by atoms with Gasteiger partial charge in [0.05, 0.1) is 0 Å². The Morgan fingerprint density at radius 1 is 1.06 bits per heavy atom. The maximum Gasteiger partial charge on any atom is 0.0235 e. The van der Waals surface area contributed by atoms with Crippen LogP contribution in [0.25, 0.3) is 0 Å². The lowest BCUT2D eigenvalue weighted by atomic mass is 10.1. The Bertz CT molecular complexity index is 202. The predicted molar refractivity (Wildman–Crippen MR) is 73.4 cm³/mol. The second kappa shape index (κ2) is 7.34. The summed E-state index contributed by atoms with van der Waals surface area (Å²) in [5, 5.41) is 3.23. The van der Waals surface area contributed by atoms with Gasteiger partial charge in [0, 0.05) is 12.6 Å². The first kappa shape index (κ1) is 13.3. The Morgan fingerprint density at radius 3 is 2.65 bits per heavy atom. The molecule has 1 atom stereocenters. The molecule has 1 N–H and O–H groups in total. The number of nitrogens with zero attached hydrogens (tertiary/aromatic N) is 2. The molecule has 0 aromatic heterocycles. The zero-order valence-electron chi connectivity index (χ0n) is 11.5. The zero-order valence-corrected chi connectivity index (χ0v) is 11.5. The van der Waals surface area contributed by atoms with Gasteiger partial charge in [0.15, 0.2) is 0 Å². The molecule has 0 amide bonds. The van der Waals surface area contributed by atoms with Crippen LogP contribution in [0.1, 0.15) is 38.5 Å². The van der Waals surface area contributed by atoms with Crippen molar-refractivity contribution in [3.63, 3.8) is 0 Å². The van der Waals surface area contributed by atoms with Crippen LogP contribution in [0, 0.1) is 0 Å². The molecular weight excluding hydrogens is 210 g/mol. The first-order chi connectivity index (χ1) is 8.40. The van der Waals surface area contributed by atoms with Gasteiger partial charge in [-0.25, -0.2) is 0 Å². The smallest absolute Gasteiger partial charge is 0.0235 e. The minimum Gasteiger partial charge on any atom is -0.320 e. The van der Waals surface area contributed by atoms with Gasteiger partial charge in [-0.2, -0.15) is 0 Å². The molecule has 3 heteroatoms. The molecule has 2 saturated heterocycles. The highest BCUT2D eigenvalue weighted by atomic mass is 15.3. The Labute approximate surface area is 107 Å². The molecule has 2 fully saturated rings. The largest absolute Gasteiger partial charge is 0.320 e. The molecule has 2 aliphatic rings. The zero-order chi connectivity index (χ0) is 11.9. The van der Waals surface area contributed by atoms with Crippen LogP contribution in [0.5, 0.6) is 0 Å². The molecule has 17 heavy (non-hydrogen) atoms. The van der Waals surface area contributed by atoms with Crippen molar-refractivity contribution in [1.82, 2.24) is 15.1 Å². The third kappa shape index (κ3) is 4.23. The maximum absolute atomic E-state index is 3.23. The van der Waals surface area contributed by atoms with Crippen LogP contribution in [0.15, 0.2) is 0 Å². The highest BCUT2D eigenvalue weighted by Gasteiger charge is 2.27. The van der Waals surface area contributed by atoms with E-state index in [2.05, 4.69) is 15.1 Å². The van der Waals surface area contributed by atoms with Crippen molar-refractivity contribution >= 4 is 0 Å². The standard InChI is InChI=1S/C14H29N3/c1-15-8-3-6-9-16-12-7-14(13-16)17-10-4-2-5-11-17/h14-15H,2-13H2,1H3. The Morgan fingerprint density at radius 2 is 1.88 bits per heavy atom. The number of likely N-dealkylation sites (tertiary alicyclic amines) is 2. The van der Waals surface area contributed by atoms with Crippen molar-refractivity contribution in [2.24, 2.45) is 0 Å². The van der Waals surface area contributed by atoms with Crippen LogP contribution in [-0.4, -0.2) is 62.2 Å². The summed E-state index contributed by atoms with van der Waals surface area (Å²) in [7, 11) is 2.04. The molecule has 0 radical (unpaired) electrons. The number of rotatable bonds is 6. The molecular formula is C14H29N3. The average Bonchev–Trinajstić information content (AvgIpc) is 2.85. The number of hydrogen-bond donors (Lipinski definition) is 1. The van der Waals surface area contributed by atoms with Crippen LogP contribution >= 0.6 is 0 Å². The highest BCUT2D eigenvalue weighted by Crippen LogP contribution is 2.20. The van der Waals surface area contributed by atoms with E-state index in [0.29, 0.717) is 0 Å². The van der Waals surface area contributed by atoms with Gasteiger partial charge in [-0.15, -0.1) is 0 Å². The first-order valence-corrected chi connectivity index (χ1v) is 7.51. The second-order valence-corrected chi connectivity index (χ2v) is 5.65. The van der Waals surface area contributed by atoms with Crippen molar-refractivity contribution in [3.8, 4) is 0 Å². The van der Waals surface area contributed by atoms with Crippen LogP contribution in [0.2, 0.25) is 0 Å². The SMILES string of the molecule is CNCCCCN1CCC(N2CCCCC2)C1. The summed E-state index contributed by atoms with van der Waals surface area (Å²) in [5.41, 5.74) is 0. The van der Waals surface area contributed by atoms with Crippen molar-refractivity contribution in [2.75, 3.05) is 46.3 Å². The molecule has 2 heterocycles. The van der Waals surface area contributed by atoms with Crippen molar-refractivity contribution < 1.29 is 0 Å². The van der Waals surface area contributed by atoms with Crippen molar-refractivity contribution in [1.29, 1.82) is 0 Å². The maximum atomic E-state index is 3.23. The van der Waals surface area contributed by atoms with Gasteiger partial charge in [-0.05, 0) is 71.9 Å².